The van der Waals surface area contributed by atoms with Gasteiger partial charge in [0.25, 0.3) is 0 Å². The van der Waals surface area contributed by atoms with Crippen LogP contribution in [-0.2, 0) is 4.79 Å². The van der Waals surface area contributed by atoms with Crippen LogP contribution in [0.4, 0.5) is 5.69 Å². The van der Waals surface area contributed by atoms with E-state index in [4.69, 9.17) is 16.9 Å². The van der Waals surface area contributed by atoms with Crippen molar-refractivity contribution in [3.8, 4) is 6.07 Å². The zero-order valence-electron chi connectivity index (χ0n) is 14.1. The summed E-state index contributed by atoms with van der Waals surface area (Å²) >= 11 is 8.95. The molecule has 0 spiro atoms. The van der Waals surface area contributed by atoms with Gasteiger partial charge in [0, 0.05) is 17.3 Å². The van der Waals surface area contributed by atoms with Gasteiger partial charge in [0.05, 0.1) is 28.5 Å². The average Bonchev–Trinajstić information content (AvgIpc) is 3.03. The van der Waals surface area contributed by atoms with Gasteiger partial charge in [-0.3, -0.25) is 4.79 Å². The summed E-state index contributed by atoms with van der Waals surface area (Å²) in [5, 5.41) is 9.54. The van der Waals surface area contributed by atoms with Crippen LogP contribution in [0.15, 0.2) is 46.8 Å². The largest absolute Gasteiger partial charge is 0.311 e. The fraction of sp³-hybridized carbons (Fsp3) is 0.211. The molecule has 2 aromatic carbocycles. The number of hydrogen-bond donors (Lipinski definition) is 0. The molecule has 0 radical (unpaired) electrons. The summed E-state index contributed by atoms with van der Waals surface area (Å²) in [5.41, 5.74) is 2.79. The summed E-state index contributed by atoms with van der Waals surface area (Å²) in [4.78, 5) is 18.9. The molecular weight excluding hydrogens is 386 g/mol. The zero-order chi connectivity index (χ0) is 18.5. The Morgan fingerprint density at radius 1 is 1.31 bits per heavy atom. The molecule has 0 aliphatic carbocycles. The number of benzene rings is 2. The minimum Gasteiger partial charge on any atom is -0.311 e. The van der Waals surface area contributed by atoms with Gasteiger partial charge in [0.15, 0.2) is 4.34 Å². The van der Waals surface area contributed by atoms with Gasteiger partial charge >= 0.3 is 0 Å². The Morgan fingerprint density at radius 3 is 2.81 bits per heavy atom. The summed E-state index contributed by atoms with van der Waals surface area (Å²) in [6, 6.07) is 15.5. The van der Waals surface area contributed by atoms with Crippen molar-refractivity contribution >= 4 is 56.5 Å². The quantitative estimate of drug-likeness (QED) is 0.526. The molecule has 0 aliphatic heterocycles. The zero-order valence-corrected chi connectivity index (χ0v) is 16.5. The first-order valence-corrected chi connectivity index (χ1v) is 10.2. The van der Waals surface area contributed by atoms with Crippen molar-refractivity contribution in [1.82, 2.24) is 4.98 Å². The number of aromatic nitrogens is 1. The van der Waals surface area contributed by atoms with E-state index in [1.165, 1.54) is 11.8 Å². The standard InChI is InChI=1S/C19H16ClN3OS2/c1-13-3-6-15(7-4-13)23(10-2-9-21)18(24)12-25-19-22-16-11-14(20)5-8-17(16)26-19/h3-8,11H,2,10,12H2,1H3. The van der Waals surface area contributed by atoms with Gasteiger partial charge in [0.1, 0.15) is 0 Å². The number of thiazole rings is 1. The van der Waals surface area contributed by atoms with Gasteiger partial charge in [0.2, 0.25) is 5.91 Å². The lowest BCUT2D eigenvalue weighted by atomic mass is 10.2. The molecule has 0 fully saturated rings. The van der Waals surface area contributed by atoms with Crippen molar-refractivity contribution in [2.45, 2.75) is 17.7 Å². The van der Waals surface area contributed by atoms with Crippen LogP contribution in [0.1, 0.15) is 12.0 Å². The molecule has 1 amide bonds. The van der Waals surface area contributed by atoms with Gasteiger partial charge in [-0.15, -0.1) is 11.3 Å². The van der Waals surface area contributed by atoms with Gasteiger partial charge in [-0.05, 0) is 37.3 Å². The molecule has 0 bridgehead atoms. The molecule has 132 valence electrons. The Labute approximate surface area is 165 Å². The van der Waals surface area contributed by atoms with E-state index in [1.807, 2.05) is 49.4 Å². The lowest BCUT2D eigenvalue weighted by Gasteiger charge is -2.21. The predicted molar refractivity (Wildman–Crippen MR) is 109 cm³/mol. The van der Waals surface area contributed by atoms with Crippen LogP contribution >= 0.6 is 34.7 Å². The number of carbonyl (C=O) groups excluding carboxylic acids is 1. The van der Waals surface area contributed by atoms with Crippen molar-refractivity contribution in [2.75, 3.05) is 17.2 Å². The average molecular weight is 402 g/mol. The van der Waals surface area contributed by atoms with Crippen LogP contribution in [0.25, 0.3) is 10.2 Å². The Bertz CT molecular complexity index is 963. The molecule has 7 heteroatoms. The number of nitrogens with zero attached hydrogens (tertiary/aromatic N) is 3. The van der Waals surface area contributed by atoms with Crippen molar-refractivity contribution < 1.29 is 4.79 Å². The summed E-state index contributed by atoms with van der Waals surface area (Å²) in [6.07, 6.45) is 0.296. The molecule has 3 aromatic rings. The predicted octanol–water partition coefficient (Wildman–Crippen LogP) is 5.30. The smallest absolute Gasteiger partial charge is 0.237 e. The third kappa shape index (κ3) is 4.55. The van der Waals surface area contributed by atoms with E-state index in [9.17, 15) is 4.79 Å². The number of aryl methyl sites for hydroxylation is 1. The molecule has 1 heterocycles. The van der Waals surface area contributed by atoms with Crippen molar-refractivity contribution in [3.05, 3.63) is 53.1 Å². The molecule has 0 unspecified atom stereocenters. The molecule has 0 saturated carbocycles. The van der Waals surface area contributed by atoms with E-state index in [-0.39, 0.29) is 11.7 Å². The topological polar surface area (TPSA) is 57.0 Å². The Hall–Kier alpha value is -2.07. The minimum absolute atomic E-state index is 0.0357. The second-order valence-electron chi connectivity index (χ2n) is 5.67. The maximum absolute atomic E-state index is 12.7. The minimum atomic E-state index is -0.0357. The number of amides is 1. The monoisotopic (exact) mass is 401 g/mol. The van der Waals surface area contributed by atoms with E-state index in [0.29, 0.717) is 18.0 Å². The Kier molecular flexibility index (Phi) is 6.15. The SMILES string of the molecule is Cc1ccc(N(CCC#N)C(=O)CSc2nc3cc(Cl)ccc3s2)cc1. The first-order chi connectivity index (χ1) is 12.6. The van der Waals surface area contributed by atoms with E-state index < -0.39 is 0 Å². The maximum Gasteiger partial charge on any atom is 0.237 e. The van der Waals surface area contributed by atoms with Gasteiger partial charge in [-0.2, -0.15) is 5.26 Å². The highest BCUT2D eigenvalue weighted by Crippen LogP contribution is 2.31. The molecule has 0 saturated heterocycles. The lowest BCUT2D eigenvalue weighted by Crippen LogP contribution is -2.33. The fourth-order valence-corrected chi connectivity index (χ4v) is 4.52. The van der Waals surface area contributed by atoms with Crippen LogP contribution in [-0.4, -0.2) is 23.2 Å². The second-order valence-corrected chi connectivity index (χ2v) is 8.36. The first kappa shape index (κ1) is 18.7. The molecule has 3 rings (SSSR count). The number of hydrogen-bond acceptors (Lipinski definition) is 5. The van der Waals surface area contributed by atoms with Crippen LogP contribution < -0.4 is 4.90 Å². The number of fused-ring (bicyclic) bond motifs is 1. The van der Waals surface area contributed by atoms with Crippen molar-refractivity contribution in [3.63, 3.8) is 0 Å². The van der Waals surface area contributed by atoms with Crippen LogP contribution in [0.5, 0.6) is 0 Å². The van der Waals surface area contributed by atoms with Gasteiger partial charge < -0.3 is 4.90 Å². The highest BCUT2D eigenvalue weighted by Gasteiger charge is 2.17. The summed E-state index contributed by atoms with van der Waals surface area (Å²) in [7, 11) is 0. The highest BCUT2D eigenvalue weighted by molar-refractivity contribution is 8.01. The van der Waals surface area contributed by atoms with Crippen LogP contribution in [0, 0.1) is 18.3 Å². The third-order valence-electron chi connectivity index (χ3n) is 3.74. The van der Waals surface area contributed by atoms with Crippen LogP contribution in [0.3, 0.4) is 0 Å². The Morgan fingerprint density at radius 2 is 2.08 bits per heavy atom. The van der Waals surface area contributed by atoms with Crippen LogP contribution in [0.2, 0.25) is 5.02 Å². The molecule has 26 heavy (non-hydrogen) atoms. The molecule has 1 aromatic heterocycles. The number of halogens is 1. The summed E-state index contributed by atoms with van der Waals surface area (Å²) in [5.74, 6) is 0.235. The molecular formula is C19H16ClN3OS2. The summed E-state index contributed by atoms with van der Waals surface area (Å²) in [6.45, 7) is 2.38. The Balaban J connectivity index is 1.72. The van der Waals surface area contributed by atoms with Gasteiger partial charge in [-0.25, -0.2) is 4.98 Å². The van der Waals surface area contributed by atoms with Gasteiger partial charge in [-0.1, -0.05) is 41.1 Å². The number of carbonyl (C=O) groups is 1. The third-order valence-corrected chi connectivity index (χ3v) is 6.14. The van der Waals surface area contributed by atoms with E-state index in [2.05, 4.69) is 11.1 Å². The lowest BCUT2D eigenvalue weighted by molar-refractivity contribution is -0.116. The van der Waals surface area contributed by atoms with E-state index in [1.54, 1.807) is 16.2 Å². The number of thioether (sulfide) groups is 1. The number of rotatable bonds is 6. The normalized spacial score (nSPS) is 10.7. The molecule has 0 aliphatic rings. The fourth-order valence-electron chi connectivity index (χ4n) is 2.43. The number of anilines is 1. The number of nitriles is 1. The molecule has 0 atom stereocenters. The van der Waals surface area contributed by atoms with Crippen molar-refractivity contribution in [1.29, 1.82) is 5.26 Å². The van der Waals surface area contributed by atoms with E-state index in [0.717, 1.165) is 25.8 Å². The molecule has 0 N–H and O–H groups in total. The first-order valence-electron chi connectivity index (χ1n) is 7.99. The molecule has 4 nitrogen and oxygen atoms in total. The highest BCUT2D eigenvalue weighted by atomic mass is 35.5. The maximum atomic E-state index is 12.7. The summed E-state index contributed by atoms with van der Waals surface area (Å²) < 4.78 is 1.88. The van der Waals surface area contributed by atoms with Crippen molar-refractivity contribution in [2.24, 2.45) is 0 Å². The van der Waals surface area contributed by atoms with E-state index >= 15 is 0 Å². The second kappa shape index (κ2) is 8.54.